The fourth-order valence-corrected chi connectivity index (χ4v) is 4.77. The van der Waals surface area contributed by atoms with Crippen LogP contribution in [0.4, 0.5) is 9.93 Å². The first kappa shape index (κ1) is 22.9. The van der Waals surface area contributed by atoms with Gasteiger partial charge in [-0.15, -0.1) is 29.5 Å². The number of nitrogens with one attached hydrogen (secondary N) is 1. The second kappa shape index (κ2) is 9.58. The molecule has 3 rings (SSSR count). The van der Waals surface area contributed by atoms with E-state index in [1.54, 1.807) is 0 Å². The molecule has 0 radical (unpaired) electrons. The molecule has 1 unspecified atom stereocenters. The molecule has 1 saturated heterocycles. The van der Waals surface area contributed by atoms with Crippen molar-refractivity contribution in [2.45, 2.75) is 11.4 Å². The fraction of sp³-hybridized carbons (Fsp3) is 0.294. The van der Waals surface area contributed by atoms with Crippen molar-refractivity contribution >= 4 is 57.8 Å². The Hall–Kier alpha value is -3.77. The Bertz CT molecular complexity index is 1080. The fourth-order valence-electron chi connectivity index (χ4n) is 2.90. The van der Waals surface area contributed by atoms with Gasteiger partial charge in [0.2, 0.25) is 0 Å². The van der Waals surface area contributed by atoms with Gasteiger partial charge in [0.15, 0.2) is 17.5 Å². The molecule has 1 aromatic rings. The number of carboxylic acid groups (broad SMARTS) is 1. The molecule has 2 aliphatic rings. The van der Waals surface area contributed by atoms with Crippen molar-refractivity contribution in [1.29, 1.82) is 0 Å². The van der Waals surface area contributed by atoms with Crippen molar-refractivity contribution < 1.29 is 33.9 Å². The lowest BCUT2D eigenvalue weighted by Gasteiger charge is -2.49. The number of nitrogens with two attached hydrogens (primary N) is 2. The number of aromatic nitrogens is 1. The summed E-state index contributed by atoms with van der Waals surface area (Å²) in [6.45, 7) is -0.569. The van der Waals surface area contributed by atoms with E-state index in [0.717, 1.165) is 16.2 Å². The van der Waals surface area contributed by atoms with E-state index in [1.165, 1.54) is 17.1 Å². The van der Waals surface area contributed by atoms with Gasteiger partial charge in [0.05, 0.1) is 0 Å². The van der Waals surface area contributed by atoms with Crippen molar-refractivity contribution in [2.24, 2.45) is 10.9 Å². The first-order chi connectivity index (χ1) is 15.2. The summed E-state index contributed by atoms with van der Waals surface area (Å²) in [6.07, 6.45) is 4.03. The highest BCUT2D eigenvalue weighted by Crippen LogP contribution is 2.40. The zero-order valence-electron chi connectivity index (χ0n) is 16.1. The van der Waals surface area contributed by atoms with Gasteiger partial charge >= 0.3 is 12.1 Å². The summed E-state index contributed by atoms with van der Waals surface area (Å²) < 4.78 is 4.66. The molecule has 13 nitrogen and oxygen atoms in total. The summed E-state index contributed by atoms with van der Waals surface area (Å²) in [6, 6.07) is -1.03. The van der Waals surface area contributed by atoms with Gasteiger partial charge in [-0.1, -0.05) is 11.1 Å². The number of carbonyl (C=O) groups excluding carboxylic acids is 3. The van der Waals surface area contributed by atoms with Crippen molar-refractivity contribution in [1.82, 2.24) is 15.2 Å². The zero-order valence-corrected chi connectivity index (χ0v) is 17.8. The minimum atomic E-state index is -1.38. The van der Waals surface area contributed by atoms with E-state index in [1.807, 2.05) is 0 Å². The van der Waals surface area contributed by atoms with Crippen molar-refractivity contribution in [2.75, 3.05) is 24.7 Å². The predicted molar refractivity (Wildman–Crippen MR) is 113 cm³/mol. The molecular formula is C17H16N6O7S2. The van der Waals surface area contributed by atoms with E-state index in [-0.39, 0.29) is 46.8 Å². The van der Waals surface area contributed by atoms with Crippen LogP contribution < -0.4 is 16.8 Å². The zero-order chi connectivity index (χ0) is 23.4. The molecule has 2 atom stereocenters. The normalized spacial score (nSPS) is 20.0. The Balaban J connectivity index is 1.78. The number of hydrogen-bond acceptors (Lipinski definition) is 11. The van der Waals surface area contributed by atoms with Crippen LogP contribution in [-0.4, -0.2) is 75.0 Å². The van der Waals surface area contributed by atoms with Gasteiger partial charge in [0.1, 0.15) is 29.4 Å². The maximum Gasteiger partial charge on any atom is 0.404 e. The van der Waals surface area contributed by atoms with E-state index < -0.39 is 35.3 Å². The molecule has 0 aromatic carbocycles. The number of ether oxygens (including phenoxy) is 1. The van der Waals surface area contributed by atoms with E-state index in [4.69, 9.17) is 22.7 Å². The molecule has 1 fully saturated rings. The molecule has 6 N–H and O–H groups in total. The first-order valence-corrected chi connectivity index (χ1v) is 10.6. The number of hydrogen-bond donors (Lipinski definition) is 4. The number of primary amides is 1. The summed E-state index contributed by atoms with van der Waals surface area (Å²) in [5.74, 6) is -0.480. The number of thioether (sulfide) groups is 1. The summed E-state index contributed by atoms with van der Waals surface area (Å²) in [4.78, 5) is 57.9. The predicted octanol–water partition coefficient (Wildman–Crippen LogP) is -1.09. The van der Waals surface area contributed by atoms with E-state index in [9.17, 15) is 24.3 Å². The van der Waals surface area contributed by atoms with E-state index in [2.05, 4.69) is 26.1 Å². The molecule has 0 aliphatic carbocycles. The Morgan fingerprint density at radius 3 is 2.81 bits per heavy atom. The van der Waals surface area contributed by atoms with E-state index >= 15 is 0 Å². The maximum absolute atomic E-state index is 12.8. The molecule has 0 bridgehead atoms. The smallest absolute Gasteiger partial charge is 0.404 e. The summed E-state index contributed by atoms with van der Waals surface area (Å²) in [5.41, 5.74) is 10.3. The third-order valence-electron chi connectivity index (χ3n) is 4.21. The van der Waals surface area contributed by atoms with Gasteiger partial charge < -0.3 is 31.5 Å². The number of terminal acetylenes is 1. The minimum Gasteiger partial charge on any atom is -0.477 e. The second-order valence-electron chi connectivity index (χ2n) is 6.21. The molecule has 3 heterocycles. The van der Waals surface area contributed by atoms with Crippen molar-refractivity contribution in [3.8, 4) is 12.3 Å². The molecule has 1 aromatic heterocycles. The highest BCUT2D eigenvalue weighted by Gasteiger charge is 2.54. The SMILES string of the molecule is C#CCON=C(C(=O)NC1C(=O)N2C(C(=O)O)=C(COC(N)=O)CS[C@@H]12)c1csc(N)n1. The summed E-state index contributed by atoms with van der Waals surface area (Å²) in [5, 5.41) is 16.7. The van der Waals surface area contributed by atoms with Crippen LogP contribution >= 0.6 is 23.1 Å². The van der Waals surface area contributed by atoms with Crippen LogP contribution in [0.3, 0.4) is 0 Å². The number of carboxylic acids is 1. The third kappa shape index (κ3) is 4.60. The van der Waals surface area contributed by atoms with Gasteiger partial charge in [0.25, 0.3) is 11.8 Å². The number of amides is 3. The van der Waals surface area contributed by atoms with Gasteiger partial charge in [-0.05, 0) is 0 Å². The number of anilines is 1. The molecular weight excluding hydrogens is 464 g/mol. The Kier molecular flexibility index (Phi) is 6.85. The molecule has 32 heavy (non-hydrogen) atoms. The molecule has 0 saturated carbocycles. The monoisotopic (exact) mass is 480 g/mol. The number of carbonyl (C=O) groups is 4. The summed E-state index contributed by atoms with van der Waals surface area (Å²) >= 11 is 2.26. The number of β-lactam (4-membered cyclic amide) rings is 1. The van der Waals surface area contributed by atoms with Crippen LogP contribution in [0.5, 0.6) is 0 Å². The van der Waals surface area contributed by atoms with Gasteiger partial charge in [-0.25, -0.2) is 14.6 Å². The molecule has 0 spiro atoms. The third-order valence-corrected chi connectivity index (χ3v) is 6.22. The molecule has 2 aliphatic heterocycles. The van der Waals surface area contributed by atoms with Gasteiger partial charge in [-0.3, -0.25) is 14.5 Å². The lowest BCUT2D eigenvalue weighted by molar-refractivity contribution is -0.150. The minimum absolute atomic E-state index is 0.124. The first-order valence-electron chi connectivity index (χ1n) is 8.72. The highest BCUT2D eigenvalue weighted by atomic mass is 32.2. The second-order valence-corrected chi connectivity index (χ2v) is 8.21. The lowest BCUT2D eigenvalue weighted by atomic mass is 10.0. The maximum atomic E-state index is 12.8. The number of fused-ring (bicyclic) bond motifs is 1. The van der Waals surface area contributed by atoms with Crippen LogP contribution in [0.2, 0.25) is 0 Å². The summed E-state index contributed by atoms with van der Waals surface area (Å²) in [7, 11) is 0. The Morgan fingerprint density at radius 1 is 1.47 bits per heavy atom. The van der Waals surface area contributed by atoms with Crippen LogP contribution in [-0.2, 0) is 24.0 Å². The number of thiazole rings is 1. The standard InChI is InChI=1S/C17H16N6O7S2/c1-2-3-30-22-9(8-6-32-16(18)20-8)12(24)21-10-13(25)23-11(15(26)27)7(4-29-17(19)28)5-31-14(10)23/h1,6,10,14H,3-5H2,(H2,18,20)(H2,19,28)(H,21,24)(H,26,27)/t10?,14-/m0/s1. The quantitative estimate of drug-likeness (QED) is 0.116. The van der Waals surface area contributed by atoms with Crippen molar-refractivity contribution in [3.05, 3.63) is 22.3 Å². The number of nitrogens with zero attached hydrogens (tertiary/aromatic N) is 3. The van der Waals surface area contributed by atoms with Crippen LogP contribution in [0.25, 0.3) is 0 Å². The average Bonchev–Trinajstić information content (AvgIpc) is 3.18. The number of oxime groups is 1. The molecule has 15 heteroatoms. The van der Waals surface area contributed by atoms with Crippen molar-refractivity contribution in [3.63, 3.8) is 0 Å². The lowest BCUT2D eigenvalue weighted by Crippen LogP contribution is -2.71. The van der Waals surface area contributed by atoms with Crippen LogP contribution in [0.1, 0.15) is 5.69 Å². The Labute approximate surface area is 188 Å². The highest BCUT2D eigenvalue weighted by molar-refractivity contribution is 8.00. The Morgan fingerprint density at radius 2 is 2.22 bits per heavy atom. The molecule has 3 amide bonds. The van der Waals surface area contributed by atoms with Crippen LogP contribution in [0.15, 0.2) is 21.8 Å². The topological polar surface area (TPSA) is 200 Å². The van der Waals surface area contributed by atoms with Gasteiger partial charge in [0, 0.05) is 16.7 Å². The van der Waals surface area contributed by atoms with Crippen LogP contribution in [0, 0.1) is 12.3 Å². The largest absolute Gasteiger partial charge is 0.477 e. The number of rotatable bonds is 8. The average molecular weight is 480 g/mol. The molecule has 168 valence electrons. The number of nitrogen functional groups attached to an aromatic ring is 1. The number of aliphatic carboxylic acids is 1. The van der Waals surface area contributed by atoms with E-state index in [0.29, 0.717) is 0 Å². The van der Waals surface area contributed by atoms with Gasteiger partial charge in [-0.2, -0.15) is 0 Å².